The maximum Gasteiger partial charge on any atom is 0.312 e. The highest BCUT2D eigenvalue weighted by Gasteiger charge is 2.48. The molecule has 0 aliphatic carbocycles. The second kappa shape index (κ2) is 6.89. The van der Waals surface area contributed by atoms with Crippen LogP contribution in [0.15, 0.2) is 18.2 Å². The third kappa shape index (κ3) is 3.35. The average molecular weight is 340 g/mol. The molecule has 0 aromatic heterocycles. The molecule has 0 bridgehead atoms. The highest BCUT2D eigenvalue weighted by atomic mass is 35.5. The fourth-order valence-electron chi connectivity index (χ4n) is 3.21. The molecule has 1 aromatic rings. The van der Waals surface area contributed by atoms with Gasteiger partial charge >= 0.3 is 5.97 Å². The average Bonchev–Trinajstić information content (AvgIpc) is 2.51. The molecule has 0 saturated carbocycles. The van der Waals surface area contributed by atoms with Crippen LogP contribution in [0.1, 0.15) is 42.1 Å². The van der Waals surface area contributed by atoms with Crippen molar-refractivity contribution in [3.05, 3.63) is 34.3 Å². The highest BCUT2D eigenvalue weighted by Crippen LogP contribution is 2.37. The van der Waals surface area contributed by atoms with Crippen molar-refractivity contribution in [1.29, 1.82) is 0 Å². The number of hydrogen-bond acceptors (Lipinski definition) is 3. The summed E-state index contributed by atoms with van der Waals surface area (Å²) < 4.78 is 0. The molecule has 0 spiro atoms. The number of aryl methyl sites for hydroxylation is 1. The number of carboxylic acid groups (broad SMARTS) is 1. The molecule has 6 heteroatoms. The summed E-state index contributed by atoms with van der Waals surface area (Å²) in [6, 6.07) is 5.03. The molecule has 1 aliphatic rings. The fraction of sp³-hybridized carbons (Fsp3) is 0.529. The number of carbonyl (C=O) groups is 2. The first-order chi connectivity index (χ1) is 10.8. The molecule has 1 aromatic carbocycles. The number of rotatable bonds is 4. The SMILES string of the molecule is CCC[C@]1(C(=O)O)CCN(C(=O)c2ccc(Cl)c(C)c2)C[C@@H]1O. The molecule has 1 heterocycles. The molecule has 2 rings (SSSR count). The first-order valence-corrected chi connectivity index (χ1v) is 8.16. The number of aliphatic carboxylic acids is 1. The Morgan fingerprint density at radius 1 is 1.43 bits per heavy atom. The minimum absolute atomic E-state index is 0.0345. The van der Waals surface area contributed by atoms with Gasteiger partial charge in [-0.15, -0.1) is 0 Å². The maximum absolute atomic E-state index is 12.6. The number of aliphatic hydroxyl groups excluding tert-OH is 1. The van der Waals surface area contributed by atoms with E-state index in [0.29, 0.717) is 30.0 Å². The van der Waals surface area contributed by atoms with E-state index in [4.69, 9.17) is 11.6 Å². The number of carbonyl (C=O) groups excluding carboxylic acids is 1. The quantitative estimate of drug-likeness (QED) is 0.884. The zero-order chi connectivity index (χ0) is 17.2. The van der Waals surface area contributed by atoms with E-state index in [-0.39, 0.29) is 18.9 Å². The van der Waals surface area contributed by atoms with Gasteiger partial charge in [-0.25, -0.2) is 0 Å². The Balaban J connectivity index is 2.17. The van der Waals surface area contributed by atoms with E-state index in [2.05, 4.69) is 0 Å². The number of benzene rings is 1. The van der Waals surface area contributed by atoms with Crippen molar-refractivity contribution in [2.45, 2.75) is 39.2 Å². The molecule has 2 N–H and O–H groups in total. The van der Waals surface area contributed by atoms with Crippen LogP contribution in [-0.2, 0) is 4.79 Å². The first-order valence-electron chi connectivity index (χ1n) is 7.78. The van der Waals surface area contributed by atoms with Crippen molar-refractivity contribution < 1.29 is 19.8 Å². The fourth-order valence-corrected chi connectivity index (χ4v) is 3.33. The standard InChI is InChI=1S/C17H22ClNO4/c1-3-6-17(16(22)23)7-8-19(10-14(17)20)15(21)12-4-5-13(18)11(2)9-12/h4-5,9,14,20H,3,6-8,10H2,1-2H3,(H,22,23)/t14-,17-/m0/s1. The molecule has 0 unspecified atom stereocenters. The Morgan fingerprint density at radius 2 is 2.13 bits per heavy atom. The van der Waals surface area contributed by atoms with Gasteiger partial charge in [-0.3, -0.25) is 9.59 Å². The first kappa shape index (κ1) is 17.8. The Bertz CT molecular complexity index is 619. The van der Waals surface area contributed by atoms with Gasteiger partial charge in [0.25, 0.3) is 5.91 Å². The summed E-state index contributed by atoms with van der Waals surface area (Å²) in [4.78, 5) is 25.7. The zero-order valence-corrected chi connectivity index (χ0v) is 14.1. The molecule has 2 atom stereocenters. The summed E-state index contributed by atoms with van der Waals surface area (Å²) in [5.41, 5.74) is 0.153. The number of β-amino-alcohol motifs (C(OH)–C–C–N with tert-alkyl or cyclic N) is 1. The van der Waals surface area contributed by atoms with Gasteiger partial charge in [0.15, 0.2) is 0 Å². The summed E-state index contributed by atoms with van der Waals surface area (Å²) in [6.45, 7) is 4.07. The van der Waals surface area contributed by atoms with Gasteiger partial charge in [0, 0.05) is 23.7 Å². The lowest BCUT2D eigenvalue weighted by Gasteiger charge is -2.42. The van der Waals surface area contributed by atoms with Crippen LogP contribution in [0, 0.1) is 12.3 Å². The van der Waals surface area contributed by atoms with Crippen molar-refractivity contribution >= 4 is 23.5 Å². The van der Waals surface area contributed by atoms with Gasteiger partial charge in [0.05, 0.1) is 11.5 Å². The highest BCUT2D eigenvalue weighted by molar-refractivity contribution is 6.31. The maximum atomic E-state index is 12.6. The van der Waals surface area contributed by atoms with Crippen LogP contribution >= 0.6 is 11.6 Å². The van der Waals surface area contributed by atoms with Gasteiger partial charge in [0.1, 0.15) is 0 Å². The third-order valence-electron chi connectivity index (χ3n) is 4.67. The van der Waals surface area contributed by atoms with E-state index in [9.17, 15) is 19.8 Å². The van der Waals surface area contributed by atoms with Gasteiger partial charge in [-0.2, -0.15) is 0 Å². The Kier molecular flexibility index (Phi) is 5.32. The minimum atomic E-state index is -1.15. The number of piperidine rings is 1. The van der Waals surface area contributed by atoms with E-state index in [1.165, 1.54) is 4.90 Å². The number of hydrogen-bond donors (Lipinski definition) is 2. The second-order valence-electron chi connectivity index (χ2n) is 6.19. The van der Waals surface area contributed by atoms with E-state index >= 15 is 0 Å². The monoisotopic (exact) mass is 339 g/mol. The van der Waals surface area contributed by atoms with Crippen LogP contribution < -0.4 is 0 Å². The number of carboxylic acids is 1. The molecule has 126 valence electrons. The van der Waals surface area contributed by atoms with Crippen LogP contribution in [0.25, 0.3) is 0 Å². The summed E-state index contributed by atoms with van der Waals surface area (Å²) in [5, 5.41) is 20.5. The van der Waals surface area contributed by atoms with Crippen LogP contribution in [0.5, 0.6) is 0 Å². The third-order valence-corrected chi connectivity index (χ3v) is 5.10. The molecule has 1 fully saturated rings. The van der Waals surface area contributed by atoms with Gasteiger partial charge in [0.2, 0.25) is 0 Å². The van der Waals surface area contributed by atoms with Crippen LogP contribution in [0.3, 0.4) is 0 Å². The van der Waals surface area contributed by atoms with Gasteiger partial charge in [-0.1, -0.05) is 24.9 Å². The minimum Gasteiger partial charge on any atom is -0.481 e. The number of likely N-dealkylation sites (tertiary alicyclic amines) is 1. The largest absolute Gasteiger partial charge is 0.481 e. The molecule has 1 aliphatic heterocycles. The smallest absolute Gasteiger partial charge is 0.312 e. The zero-order valence-electron chi connectivity index (χ0n) is 13.4. The van der Waals surface area contributed by atoms with Gasteiger partial charge < -0.3 is 15.1 Å². The van der Waals surface area contributed by atoms with Crippen LogP contribution in [0.2, 0.25) is 5.02 Å². The molecule has 23 heavy (non-hydrogen) atoms. The van der Waals surface area contributed by atoms with E-state index in [0.717, 1.165) is 5.56 Å². The van der Waals surface area contributed by atoms with Gasteiger partial charge in [-0.05, 0) is 43.5 Å². The molecule has 0 radical (unpaired) electrons. The van der Waals surface area contributed by atoms with Crippen molar-refractivity contribution in [3.8, 4) is 0 Å². The second-order valence-corrected chi connectivity index (χ2v) is 6.60. The number of amides is 1. The van der Waals surface area contributed by atoms with Crippen molar-refractivity contribution in [2.24, 2.45) is 5.41 Å². The van der Waals surface area contributed by atoms with Crippen molar-refractivity contribution in [3.63, 3.8) is 0 Å². The lowest BCUT2D eigenvalue weighted by Crippen LogP contribution is -2.56. The molecular formula is C17H22ClNO4. The predicted octanol–water partition coefficient (Wildman–Crippen LogP) is 2.73. The summed E-state index contributed by atoms with van der Waals surface area (Å²) in [7, 11) is 0. The molecule has 1 amide bonds. The van der Waals surface area contributed by atoms with E-state index in [1.807, 2.05) is 13.8 Å². The molecule has 1 saturated heterocycles. The van der Waals surface area contributed by atoms with E-state index in [1.54, 1.807) is 18.2 Å². The molecular weight excluding hydrogens is 318 g/mol. The number of nitrogens with zero attached hydrogens (tertiary/aromatic N) is 1. The Hall–Kier alpha value is -1.59. The van der Waals surface area contributed by atoms with Crippen LogP contribution in [0.4, 0.5) is 0 Å². The van der Waals surface area contributed by atoms with Crippen molar-refractivity contribution in [2.75, 3.05) is 13.1 Å². The summed E-state index contributed by atoms with van der Waals surface area (Å²) in [6.07, 6.45) is 0.278. The van der Waals surface area contributed by atoms with Crippen LogP contribution in [-0.4, -0.2) is 46.2 Å². The van der Waals surface area contributed by atoms with Crippen molar-refractivity contribution in [1.82, 2.24) is 4.90 Å². The summed E-state index contributed by atoms with van der Waals surface area (Å²) >= 11 is 5.97. The normalized spacial score (nSPS) is 24.5. The predicted molar refractivity (Wildman–Crippen MR) is 87.7 cm³/mol. The topological polar surface area (TPSA) is 77.8 Å². The lowest BCUT2D eigenvalue weighted by atomic mass is 9.72. The number of aliphatic hydroxyl groups is 1. The van der Waals surface area contributed by atoms with E-state index < -0.39 is 17.5 Å². The molecule has 5 nitrogen and oxygen atoms in total. The number of halogens is 1. The summed E-state index contributed by atoms with van der Waals surface area (Å²) in [5.74, 6) is -1.19. The lowest BCUT2D eigenvalue weighted by molar-refractivity contribution is -0.162. The Morgan fingerprint density at radius 3 is 2.65 bits per heavy atom. The Labute approximate surface area is 140 Å².